The first-order valence-corrected chi connectivity index (χ1v) is 5.20. The van der Waals surface area contributed by atoms with Crippen molar-refractivity contribution in [1.82, 2.24) is 4.98 Å². The number of ether oxygens (including phenoxy) is 2. The molecule has 1 unspecified atom stereocenters. The smallest absolute Gasteiger partial charge is 0.238 e. The van der Waals surface area contributed by atoms with Crippen molar-refractivity contribution in [3.63, 3.8) is 0 Å². The van der Waals surface area contributed by atoms with Crippen molar-refractivity contribution in [2.75, 3.05) is 18.9 Å². The number of anilines is 1. The van der Waals surface area contributed by atoms with Crippen LogP contribution < -0.4 is 10.5 Å². The standard InChI is InChI=1S/C11H13N3O2/c12-6-8-3-4-14-11(10(8)13)16-7-9-2-1-5-15-9/h3-4,9H,1-2,5,7,13H2. The minimum atomic E-state index is 0.118. The molecule has 1 aliphatic rings. The van der Waals surface area contributed by atoms with Gasteiger partial charge in [-0.3, -0.25) is 0 Å². The van der Waals surface area contributed by atoms with Gasteiger partial charge in [-0.1, -0.05) is 0 Å². The molecular formula is C11H13N3O2. The summed E-state index contributed by atoms with van der Waals surface area (Å²) in [5.41, 5.74) is 6.41. The maximum absolute atomic E-state index is 8.78. The monoisotopic (exact) mass is 219 g/mol. The van der Waals surface area contributed by atoms with Crippen molar-refractivity contribution in [3.05, 3.63) is 17.8 Å². The molecule has 16 heavy (non-hydrogen) atoms. The average molecular weight is 219 g/mol. The van der Waals surface area contributed by atoms with E-state index in [1.54, 1.807) is 6.07 Å². The van der Waals surface area contributed by atoms with Gasteiger partial charge in [0.15, 0.2) is 0 Å². The summed E-state index contributed by atoms with van der Waals surface area (Å²) in [6.07, 6.45) is 3.69. The molecule has 5 nitrogen and oxygen atoms in total. The Kier molecular flexibility index (Phi) is 3.22. The van der Waals surface area contributed by atoms with Crippen LogP contribution in [0.1, 0.15) is 18.4 Å². The molecule has 1 aromatic rings. The lowest BCUT2D eigenvalue weighted by Gasteiger charge is -2.12. The molecule has 0 radical (unpaired) electrons. The zero-order valence-corrected chi connectivity index (χ0v) is 8.85. The molecule has 2 N–H and O–H groups in total. The first-order chi connectivity index (χ1) is 7.81. The molecule has 0 aromatic carbocycles. The van der Waals surface area contributed by atoms with Crippen LogP contribution in [0.15, 0.2) is 12.3 Å². The van der Waals surface area contributed by atoms with Crippen molar-refractivity contribution < 1.29 is 9.47 Å². The Bertz CT molecular complexity index is 408. The SMILES string of the molecule is N#Cc1ccnc(OCC2CCCO2)c1N. The third-order valence-electron chi connectivity index (χ3n) is 2.50. The molecule has 84 valence electrons. The van der Waals surface area contributed by atoms with Gasteiger partial charge in [-0.15, -0.1) is 0 Å². The molecule has 0 amide bonds. The second-order valence-corrected chi connectivity index (χ2v) is 3.64. The molecule has 1 saturated heterocycles. The molecule has 2 heterocycles. The predicted octanol–water partition coefficient (Wildman–Crippen LogP) is 1.09. The number of hydrogen-bond acceptors (Lipinski definition) is 5. The molecule has 0 spiro atoms. The van der Waals surface area contributed by atoms with Crippen LogP contribution in [-0.4, -0.2) is 24.3 Å². The van der Waals surface area contributed by atoms with Gasteiger partial charge >= 0.3 is 0 Å². The Morgan fingerprint density at radius 1 is 1.69 bits per heavy atom. The minimum Gasteiger partial charge on any atom is -0.473 e. The van der Waals surface area contributed by atoms with E-state index in [1.807, 2.05) is 6.07 Å². The zero-order valence-electron chi connectivity index (χ0n) is 8.85. The van der Waals surface area contributed by atoms with Gasteiger partial charge in [0.05, 0.1) is 11.7 Å². The summed E-state index contributed by atoms with van der Waals surface area (Å²) in [5, 5.41) is 8.78. The highest BCUT2D eigenvalue weighted by Gasteiger charge is 2.17. The largest absolute Gasteiger partial charge is 0.473 e. The van der Waals surface area contributed by atoms with Crippen LogP contribution in [-0.2, 0) is 4.74 Å². The van der Waals surface area contributed by atoms with Gasteiger partial charge in [0.2, 0.25) is 5.88 Å². The van der Waals surface area contributed by atoms with Crippen LogP contribution in [0.4, 0.5) is 5.69 Å². The number of nitrogen functional groups attached to an aromatic ring is 1. The van der Waals surface area contributed by atoms with E-state index in [0.717, 1.165) is 19.4 Å². The van der Waals surface area contributed by atoms with E-state index in [-0.39, 0.29) is 6.10 Å². The Morgan fingerprint density at radius 2 is 2.56 bits per heavy atom. The van der Waals surface area contributed by atoms with Gasteiger partial charge in [0.1, 0.15) is 18.4 Å². The summed E-state index contributed by atoms with van der Waals surface area (Å²) in [6, 6.07) is 3.55. The second kappa shape index (κ2) is 4.81. The lowest BCUT2D eigenvalue weighted by atomic mass is 10.2. The van der Waals surface area contributed by atoms with Crippen LogP contribution in [0, 0.1) is 11.3 Å². The molecule has 1 atom stereocenters. The summed E-state index contributed by atoms with van der Waals surface area (Å²) in [5.74, 6) is 0.314. The number of pyridine rings is 1. The van der Waals surface area contributed by atoms with E-state index in [2.05, 4.69) is 4.98 Å². The summed E-state index contributed by atoms with van der Waals surface area (Å²) in [4.78, 5) is 3.99. The van der Waals surface area contributed by atoms with Crippen molar-refractivity contribution in [2.45, 2.75) is 18.9 Å². The molecule has 0 bridgehead atoms. The summed E-state index contributed by atoms with van der Waals surface area (Å²) in [6.45, 7) is 1.22. The van der Waals surface area contributed by atoms with Crippen LogP contribution in [0.25, 0.3) is 0 Å². The van der Waals surface area contributed by atoms with Gasteiger partial charge < -0.3 is 15.2 Å². The first-order valence-electron chi connectivity index (χ1n) is 5.20. The maximum Gasteiger partial charge on any atom is 0.238 e. The average Bonchev–Trinajstić information content (AvgIpc) is 2.81. The van der Waals surface area contributed by atoms with E-state index < -0.39 is 0 Å². The Morgan fingerprint density at radius 3 is 3.25 bits per heavy atom. The zero-order chi connectivity index (χ0) is 11.4. The Labute approximate surface area is 93.8 Å². The number of hydrogen-bond donors (Lipinski definition) is 1. The fourth-order valence-electron chi connectivity index (χ4n) is 1.61. The van der Waals surface area contributed by atoms with E-state index in [1.165, 1.54) is 6.20 Å². The highest BCUT2D eigenvalue weighted by Crippen LogP contribution is 2.22. The first kappa shape index (κ1) is 10.7. The third-order valence-corrected chi connectivity index (χ3v) is 2.50. The number of nitrogens with two attached hydrogens (primary N) is 1. The molecular weight excluding hydrogens is 206 g/mol. The molecule has 1 aliphatic heterocycles. The normalized spacial score (nSPS) is 19.3. The summed E-state index contributed by atoms with van der Waals surface area (Å²) in [7, 11) is 0. The van der Waals surface area contributed by atoms with E-state index in [0.29, 0.717) is 23.7 Å². The second-order valence-electron chi connectivity index (χ2n) is 3.64. The summed E-state index contributed by atoms with van der Waals surface area (Å²) < 4.78 is 10.9. The molecule has 0 saturated carbocycles. The molecule has 0 aliphatic carbocycles. The van der Waals surface area contributed by atoms with Crippen molar-refractivity contribution in [2.24, 2.45) is 0 Å². The number of aromatic nitrogens is 1. The van der Waals surface area contributed by atoms with E-state index >= 15 is 0 Å². The maximum atomic E-state index is 8.78. The minimum absolute atomic E-state index is 0.118. The quantitative estimate of drug-likeness (QED) is 0.823. The Hall–Kier alpha value is -1.80. The molecule has 1 fully saturated rings. The lowest BCUT2D eigenvalue weighted by Crippen LogP contribution is -2.17. The number of rotatable bonds is 3. The van der Waals surface area contributed by atoms with Gasteiger partial charge in [-0.25, -0.2) is 4.98 Å². The van der Waals surface area contributed by atoms with Gasteiger partial charge in [-0.05, 0) is 18.9 Å². The van der Waals surface area contributed by atoms with Gasteiger partial charge in [0, 0.05) is 12.8 Å². The van der Waals surface area contributed by atoms with Crippen LogP contribution in [0.3, 0.4) is 0 Å². The molecule has 2 rings (SSSR count). The lowest BCUT2D eigenvalue weighted by molar-refractivity contribution is 0.0666. The molecule has 5 heteroatoms. The van der Waals surface area contributed by atoms with Crippen molar-refractivity contribution >= 4 is 5.69 Å². The number of nitrogens with zero attached hydrogens (tertiary/aromatic N) is 2. The third kappa shape index (κ3) is 2.23. The van der Waals surface area contributed by atoms with Gasteiger partial charge in [-0.2, -0.15) is 5.26 Å². The van der Waals surface area contributed by atoms with Crippen LogP contribution in [0.5, 0.6) is 5.88 Å². The van der Waals surface area contributed by atoms with Crippen LogP contribution in [0.2, 0.25) is 0 Å². The number of nitriles is 1. The van der Waals surface area contributed by atoms with Crippen LogP contribution >= 0.6 is 0 Å². The van der Waals surface area contributed by atoms with E-state index in [4.69, 9.17) is 20.5 Å². The molecule has 1 aromatic heterocycles. The van der Waals surface area contributed by atoms with Gasteiger partial charge in [0.25, 0.3) is 0 Å². The van der Waals surface area contributed by atoms with Crippen molar-refractivity contribution in [1.29, 1.82) is 5.26 Å². The Balaban J connectivity index is 2.01. The fraction of sp³-hybridized carbons (Fsp3) is 0.455. The predicted molar refractivity (Wildman–Crippen MR) is 57.8 cm³/mol. The van der Waals surface area contributed by atoms with E-state index in [9.17, 15) is 0 Å². The summed E-state index contributed by atoms with van der Waals surface area (Å²) >= 11 is 0. The highest BCUT2D eigenvalue weighted by molar-refractivity contribution is 5.59. The van der Waals surface area contributed by atoms with Crippen molar-refractivity contribution in [3.8, 4) is 11.9 Å². The fourth-order valence-corrected chi connectivity index (χ4v) is 1.61. The topological polar surface area (TPSA) is 81.2 Å². The highest BCUT2D eigenvalue weighted by atomic mass is 16.5.